The molecule has 0 saturated heterocycles. The fraction of sp³-hybridized carbons (Fsp3) is 0.0541. The zero-order valence-electron chi connectivity index (χ0n) is 43.5. The van der Waals surface area contributed by atoms with E-state index in [0.717, 1.165) is 56.2 Å². The average Bonchev–Trinajstić information content (AvgIpc) is 3.49. The van der Waals surface area contributed by atoms with E-state index in [1.54, 1.807) is 0 Å². The van der Waals surface area contributed by atoms with Crippen molar-refractivity contribution in [2.24, 2.45) is 0 Å². The number of hydrogen-bond acceptors (Lipinski definition) is 2. The molecule has 12 aromatic rings. The fourth-order valence-corrected chi connectivity index (χ4v) is 9.96. The van der Waals surface area contributed by atoms with E-state index in [4.69, 9.17) is 9.97 Å². The van der Waals surface area contributed by atoms with Crippen molar-refractivity contribution in [1.82, 2.24) is 9.97 Å². The Hall–Kier alpha value is -9.50. The van der Waals surface area contributed by atoms with E-state index < -0.39 is 0 Å². The first kappa shape index (κ1) is 48.8. The standard InChI is InChI=1S/2C37H29N/c2*1-26-16-17-27(2)35(22-26)32-14-9-15-33(23-32)37-25-34(24-36(38-37)31-12-7-4-8-13-31)30-20-18-29(19-21-30)28-10-5-3-6-11-28/h2*3-25H,1-2H3. The molecular formula is C74H58N2. The minimum Gasteiger partial charge on any atom is -0.248 e. The molecule has 0 amide bonds. The zero-order valence-corrected chi connectivity index (χ0v) is 43.5. The molecule has 2 heteroatoms. The molecule has 0 aliphatic rings. The van der Waals surface area contributed by atoms with Gasteiger partial charge in [0.2, 0.25) is 0 Å². The third kappa shape index (κ3) is 11.2. The van der Waals surface area contributed by atoms with Crippen LogP contribution in [-0.4, -0.2) is 9.97 Å². The quantitative estimate of drug-likeness (QED) is 0.136. The van der Waals surface area contributed by atoms with Crippen molar-refractivity contribution in [2.45, 2.75) is 27.7 Å². The van der Waals surface area contributed by atoms with Crippen molar-refractivity contribution in [3.8, 4) is 112 Å². The monoisotopic (exact) mass is 974 g/mol. The summed E-state index contributed by atoms with van der Waals surface area (Å²) in [5.74, 6) is 0. The Labute approximate surface area is 448 Å². The molecule has 0 aliphatic carbocycles. The van der Waals surface area contributed by atoms with Gasteiger partial charge >= 0.3 is 0 Å². The van der Waals surface area contributed by atoms with E-state index >= 15 is 0 Å². The summed E-state index contributed by atoms with van der Waals surface area (Å²) in [6.07, 6.45) is 0. The summed E-state index contributed by atoms with van der Waals surface area (Å²) >= 11 is 0. The van der Waals surface area contributed by atoms with Crippen LogP contribution >= 0.6 is 0 Å². The number of aromatic nitrogens is 2. The Balaban J connectivity index is 0.000000162. The number of nitrogens with zero attached hydrogens (tertiary/aromatic N) is 2. The Bertz CT molecular complexity index is 3660. The second-order valence-electron chi connectivity index (χ2n) is 19.7. The molecule has 0 radical (unpaired) electrons. The van der Waals surface area contributed by atoms with Crippen LogP contribution in [0.5, 0.6) is 0 Å². The smallest absolute Gasteiger partial charge is 0.0715 e. The predicted molar refractivity (Wildman–Crippen MR) is 322 cm³/mol. The first-order valence-electron chi connectivity index (χ1n) is 26.1. The summed E-state index contributed by atoms with van der Waals surface area (Å²) in [7, 11) is 0. The van der Waals surface area contributed by atoms with Gasteiger partial charge in [0.15, 0.2) is 0 Å². The van der Waals surface area contributed by atoms with Crippen LogP contribution in [0.15, 0.2) is 279 Å². The number of aryl methyl sites for hydroxylation is 4. The molecule has 2 nitrogen and oxygen atoms in total. The molecule has 76 heavy (non-hydrogen) atoms. The lowest BCUT2D eigenvalue weighted by molar-refractivity contribution is 1.32. The maximum atomic E-state index is 5.14. The van der Waals surface area contributed by atoms with Crippen LogP contribution in [0.4, 0.5) is 0 Å². The summed E-state index contributed by atoms with van der Waals surface area (Å²) in [5, 5.41) is 0. The van der Waals surface area contributed by atoms with Gasteiger partial charge in [-0.3, -0.25) is 0 Å². The lowest BCUT2D eigenvalue weighted by Gasteiger charge is -2.13. The van der Waals surface area contributed by atoms with Gasteiger partial charge in [-0.05, 0) is 142 Å². The van der Waals surface area contributed by atoms with Gasteiger partial charge in [0, 0.05) is 22.3 Å². The minimum absolute atomic E-state index is 0.973. The zero-order chi connectivity index (χ0) is 51.8. The highest BCUT2D eigenvalue weighted by Gasteiger charge is 2.14. The topological polar surface area (TPSA) is 25.8 Å². The van der Waals surface area contributed by atoms with Crippen molar-refractivity contribution in [3.05, 3.63) is 301 Å². The molecule has 364 valence electrons. The normalized spacial score (nSPS) is 10.9. The highest BCUT2D eigenvalue weighted by molar-refractivity contribution is 5.83. The van der Waals surface area contributed by atoms with Crippen LogP contribution in [0, 0.1) is 27.7 Å². The molecule has 0 aliphatic heterocycles. The predicted octanol–water partition coefficient (Wildman–Crippen LogP) is 20.1. The molecule has 0 atom stereocenters. The summed E-state index contributed by atoms with van der Waals surface area (Å²) < 4.78 is 0. The van der Waals surface area contributed by atoms with Crippen molar-refractivity contribution in [1.29, 1.82) is 0 Å². The lowest BCUT2D eigenvalue weighted by atomic mass is 9.95. The molecule has 2 heterocycles. The van der Waals surface area contributed by atoms with Crippen molar-refractivity contribution in [3.63, 3.8) is 0 Å². The first-order chi connectivity index (χ1) is 37.3. The summed E-state index contributed by atoms with van der Waals surface area (Å²) in [6.45, 7) is 8.64. The van der Waals surface area contributed by atoms with Crippen LogP contribution in [0.1, 0.15) is 22.3 Å². The summed E-state index contributed by atoms with van der Waals surface area (Å²) in [6, 6.07) is 99.1. The van der Waals surface area contributed by atoms with Crippen molar-refractivity contribution in [2.75, 3.05) is 0 Å². The summed E-state index contributed by atoms with van der Waals surface area (Å²) in [4.78, 5) is 10.3. The Kier molecular flexibility index (Phi) is 14.3. The Morgan fingerprint density at radius 2 is 0.447 bits per heavy atom. The van der Waals surface area contributed by atoms with Crippen molar-refractivity contribution >= 4 is 0 Å². The number of rotatable bonds is 10. The molecular weight excluding hydrogens is 917 g/mol. The van der Waals surface area contributed by atoms with E-state index in [9.17, 15) is 0 Å². The summed E-state index contributed by atoms with van der Waals surface area (Å²) in [5.41, 5.74) is 27.9. The highest BCUT2D eigenvalue weighted by Crippen LogP contribution is 2.36. The van der Waals surface area contributed by atoms with E-state index in [0.29, 0.717) is 0 Å². The molecule has 0 fully saturated rings. The van der Waals surface area contributed by atoms with Crippen LogP contribution in [0.2, 0.25) is 0 Å². The van der Waals surface area contributed by atoms with E-state index in [2.05, 4.69) is 295 Å². The first-order valence-corrected chi connectivity index (χ1v) is 26.1. The van der Waals surface area contributed by atoms with Crippen LogP contribution in [-0.2, 0) is 0 Å². The highest BCUT2D eigenvalue weighted by atomic mass is 14.7. The van der Waals surface area contributed by atoms with Gasteiger partial charge in [-0.2, -0.15) is 0 Å². The van der Waals surface area contributed by atoms with Gasteiger partial charge in [0.25, 0.3) is 0 Å². The molecule has 0 N–H and O–H groups in total. The third-order valence-corrected chi connectivity index (χ3v) is 14.2. The van der Waals surface area contributed by atoms with Gasteiger partial charge in [-0.1, -0.05) is 254 Å². The minimum atomic E-state index is 0.973. The number of benzene rings is 10. The maximum Gasteiger partial charge on any atom is 0.0715 e. The van der Waals surface area contributed by atoms with Crippen LogP contribution < -0.4 is 0 Å². The number of pyridine rings is 2. The second-order valence-corrected chi connectivity index (χ2v) is 19.7. The van der Waals surface area contributed by atoms with E-state index in [1.807, 2.05) is 12.1 Å². The second kappa shape index (κ2) is 22.3. The third-order valence-electron chi connectivity index (χ3n) is 14.2. The average molecular weight is 975 g/mol. The van der Waals surface area contributed by atoms with E-state index in [-0.39, 0.29) is 0 Å². The Morgan fingerprint density at radius 1 is 0.184 bits per heavy atom. The Morgan fingerprint density at radius 3 is 0.789 bits per heavy atom. The molecule has 0 unspecified atom stereocenters. The molecule has 0 spiro atoms. The SMILES string of the molecule is Cc1ccc(C)c(-c2cccc(-c3cc(-c4ccc(-c5ccccc5)cc4)cc(-c4ccccc4)n3)c2)c1.Cc1ccc(C)c(-c2cccc(-c3cc(-c4ccc(-c5ccccc5)cc4)cc(-c4ccccc4)n3)c2)c1. The maximum absolute atomic E-state index is 5.14. The van der Waals surface area contributed by atoms with Crippen LogP contribution in [0.25, 0.3) is 112 Å². The van der Waals surface area contributed by atoms with Gasteiger partial charge in [-0.15, -0.1) is 0 Å². The van der Waals surface area contributed by atoms with Crippen LogP contribution in [0.3, 0.4) is 0 Å². The molecule has 0 saturated carbocycles. The fourth-order valence-electron chi connectivity index (χ4n) is 9.96. The van der Waals surface area contributed by atoms with Gasteiger partial charge in [0.05, 0.1) is 22.8 Å². The van der Waals surface area contributed by atoms with Crippen molar-refractivity contribution < 1.29 is 0 Å². The van der Waals surface area contributed by atoms with E-state index in [1.165, 1.54) is 77.9 Å². The molecule has 10 aromatic carbocycles. The van der Waals surface area contributed by atoms with Gasteiger partial charge in [-0.25, -0.2) is 9.97 Å². The molecule has 0 bridgehead atoms. The van der Waals surface area contributed by atoms with Gasteiger partial charge in [0.1, 0.15) is 0 Å². The lowest BCUT2D eigenvalue weighted by Crippen LogP contribution is -1.92. The molecule has 12 rings (SSSR count). The van der Waals surface area contributed by atoms with Gasteiger partial charge < -0.3 is 0 Å². The number of hydrogen-bond donors (Lipinski definition) is 0. The molecule has 2 aromatic heterocycles. The largest absolute Gasteiger partial charge is 0.248 e.